The molecule has 29 heavy (non-hydrogen) atoms. The second-order valence-corrected chi connectivity index (χ2v) is 7.93. The van der Waals surface area contributed by atoms with E-state index in [1.54, 1.807) is 14.2 Å². The largest absolute Gasteiger partial charge is 0.493 e. The molecule has 1 fully saturated rings. The summed E-state index contributed by atoms with van der Waals surface area (Å²) in [5, 5.41) is 10.5. The van der Waals surface area contributed by atoms with Crippen LogP contribution in [0.15, 0.2) is 18.2 Å². The van der Waals surface area contributed by atoms with Crippen LogP contribution in [0.3, 0.4) is 0 Å². The highest BCUT2D eigenvalue weighted by Crippen LogP contribution is 2.31. The Morgan fingerprint density at radius 3 is 2.55 bits per heavy atom. The number of aliphatic hydroxyl groups excluding tert-OH is 1. The Labute approximate surface area is 175 Å². The van der Waals surface area contributed by atoms with Gasteiger partial charge in [0.25, 0.3) is 0 Å². The summed E-state index contributed by atoms with van der Waals surface area (Å²) in [5.74, 6) is 1.93. The van der Waals surface area contributed by atoms with Gasteiger partial charge in [-0.1, -0.05) is 26.0 Å². The van der Waals surface area contributed by atoms with E-state index in [0.717, 1.165) is 56.5 Å². The van der Waals surface area contributed by atoms with Crippen molar-refractivity contribution < 1.29 is 24.1 Å². The highest BCUT2D eigenvalue weighted by atomic mass is 16.5. The molecule has 0 saturated carbocycles. The summed E-state index contributed by atoms with van der Waals surface area (Å²) in [7, 11) is 3.31. The quantitative estimate of drug-likeness (QED) is 0.533. The zero-order valence-electron chi connectivity index (χ0n) is 18.4. The van der Waals surface area contributed by atoms with Crippen LogP contribution < -0.4 is 9.47 Å². The predicted octanol–water partition coefficient (Wildman–Crippen LogP) is 1.87. The van der Waals surface area contributed by atoms with Crippen LogP contribution in [0, 0.1) is 5.92 Å². The Hall–Kier alpha value is -1.38. The van der Waals surface area contributed by atoms with Crippen molar-refractivity contribution in [2.45, 2.75) is 26.5 Å². The smallest absolute Gasteiger partial charge is 0.165 e. The molecule has 7 heteroatoms. The molecule has 1 atom stereocenters. The Morgan fingerprint density at radius 1 is 1.14 bits per heavy atom. The number of nitrogens with zero attached hydrogens (tertiary/aromatic N) is 2. The van der Waals surface area contributed by atoms with E-state index >= 15 is 0 Å². The average molecular weight is 411 g/mol. The number of hydrogen-bond donors (Lipinski definition) is 1. The van der Waals surface area contributed by atoms with Crippen molar-refractivity contribution in [1.82, 2.24) is 9.80 Å². The molecular weight excluding hydrogens is 372 g/mol. The molecule has 1 heterocycles. The van der Waals surface area contributed by atoms with Crippen LogP contribution in [0.1, 0.15) is 19.4 Å². The number of morpholine rings is 1. The standard InChI is InChI=1S/C22H38N2O5/c1-18(2)16-29-17-20(25)15-24(9-8-23-10-12-28-13-11-23)14-19-6-5-7-21(26-3)22(19)27-4/h5-7,18,20,25H,8-17H2,1-4H3. The maximum absolute atomic E-state index is 10.5. The molecule has 7 nitrogen and oxygen atoms in total. The third kappa shape index (κ3) is 8.48. The lowest BCUT2D eigenvalue weighted by molar-refractivity contribution is 0.000847. The van der Waals surface area contributed by atoms with Crippen molar-refractivity contribution in [3.63, 3.8) is 0 Å². The Morgan fingerprint density at radius 2 is 1.90 bits per heavy atom. The minimum Gasteiger partial charge on any atom is -0.493 e. The molecule has 0 aromatic heterocycles. The third-order valence-electron chi connectivity index (χ3n) is 4.94. The number of methoxy groups -OCH3 is 2. The topological polar surface area (TPSA) is 63.6 Å². The Bertz CT molecular complexity index is 578. The SMILES string of the molecule is COc1cccc(CN(CCN2CCOCC2)CC(O)COCC(C)C)c1OC. The van der Waals surface area contributed by atoms with Crippen LogP contribution in [0.4, 0.5) is 0 Å². The van der Waals surface area contributed by atoms with Crippen molar-refractivity contribution in [3.05, 3.63) is 23.8 Å². The molecule has 1 unspecified atom stereocenters. The van der Waals surface area contributed by atoms with Gasteiger partial charge in [0, 0.05) is 51.4 Å². The van der Waals surface area contributed by atoms with Gasteiger partial charge in [-0.25, -0.2) is 0 Å². The van der Waals surface area contributed by atoms with E-state index in [1.807, 2.05) is 18.2 Å². The second-order valence-electron chi connectivity index (χ2n) is 7.93. The molecule has 0 aliphatic carbocycles. The van der Waals surface area contributed by atoms with Gasteiger partial charge in [0.05, 0.1) is 40.1 Å². The average Bonchev–Trinajstić information content (AvgIpc) is 2.72. The fourth-order valence-corrected chi connectivity index (χ4v) is 3.45. The number of hydrogen-bond acceptors (Lipinski definition) is 7. The first-order valence-corrected chi connectivity index (χ1v) is 10.5. The van der Waals surface area contributed by atoms with Crippen LogP contribution in [-0.4, -0.2) is 94.4 Å². The summed E-state index contributed by atoms with van der Waals surface area (Å²) >= 11 is 0. The summed E-state index contributed by atoms with van der Waals surface area (Å²) < 4.78 is 22.1. The molecule has 0 amide bonds. The molecule has 1 aliphatic heterocycles. The van der Waals surface area contributed by atoms with Crippen LogP contribution >= 0.6 is 0 Å². The Kier molecular flexibility index (Phi) is 10.7. The van der Waals surface area contributed by atoms with Gasteiger partial charge in [0.15, 0.2) is 11.5 Å². The van der Waals surface area contributed by atoms with Crippen molar-refractivity contribution >= 4 is 0 Å². The highest BCUT2D eigenvalue weighted by molar-refractivity contribution is 5.46. The molecule has 0 radical (unpaired) electrons. The maximum atomic E-state index is 10.5. The summed E-state index contributed by atoms with van der Waals surface area (Å²) in [6.07, 6.45) is -0.532. The minimum absolute atomic E-state index is 0.349. The van der Waals surface area contributed by atoms with Gasteiger partial charge in [0.1, 0.15) is 0 Å². The predicted molar refractivity (Wildman–Crippen MR) is 114 cm³/mol. The third-order valence-corrected chi connectivity index (χ3v) is 4.94. The molecular formula is C22H38N2O5. The summed E-state index contributed by atoms with van der Waals surface area (Å²) in [4.78, 5) is 4.66. The van der Waals surface area contributed by atoms with Crippen LogP contribution in [0.5, 0.6) is 11.5 Å². The summed E-state index contributed by atoms with van der Waals surface area (Å²) in [6.45, 7) is 11.7. The first-order chi connectivity index (χ1) is 14.0. The minimum atomic E-state index is -0.532. The summed E-state index contributed by atoms with van der Waals surface area (Å²) in [6, 6.07) is 5.92. The number of rotatable bonds is 13. The highest BCUT2D eigenvalue weighted by Gasteiger charge is 2.19. The summed E-state index contributed by atoms with van der Waals surface area (Å²) in [5.41, 5.74) is 1.05. The number of ether oxygens (including phenoxy) is 4. The van der Waals surface area contributed by atoms with Gasteiger partial charge in [0.2, 0.25) is 0 Å². The van der Waals surface area contributed by atoms with Gasteiger partial charge in [-0.05, 0) is 12.0 Å². The molecule has 1 N–H and O–H groups in total. The normalized spacial score (nSPS) is 16.4. The van der Waals surface area contributed by atoms with Crippen molar-refractivity contribution in [3.8, 4) is 11.5 Å². The molecule has 2 rings (SSSR count). The number of aliphatic hydroxyl groups is 1. The van der Waals surface area contributed by atoms with Crippen molar-refractivity contribution in [2.75, 3.05) is 73.4 Å². The zero-order chi connectivity index (χ0) is 21.1. The number of para-hydroxylation sites is 1. The lowest BCUT2D eigenvalue weighted by Crippen LogP contribution is -2.43. The van der Waals surface area contributed by atoms with E-state index in [2.05, 4.69) is 23.6 Å². The van der Waals surface area contributed by atoms with Crippen LogP contribution in [0.2, 0.25) is 0 Å². The Balaban J connectivity index is 2.01. The second kappa shape index (κ2) is 13.0. The number of benzene rings is 1. The van der Waals surface area contributed by atoms with Crippen molar-refractivity contribution in [2.24, 2.45) is 5.92 Å². The molecule has 1 aromatic rings. The van der Waals surface area contributed by atoms with E-state index < -0.39 is 6.10 Å². The van der Waals surface area contributed by atoms with Gasteiger partial charge in [-0.2, -0.15) is 0 Å². The fraction of sp³-hybridized carbons (Fsp3) is 0.727. The lowest BCUT2D eigenvalue weighted by Gasteiger charge is -2.31. The van der Waals surface area contributed by atoms with E-state index in [1.165, 1.54) is 0 Å². The van der Waals surface area contributed by atoms with E-state index in [4.69, 9.17) is 18.9 Å². The maximum Gasteiger partial charge on any atom is 0.165 e. The van der Waals surface area contributed by atoms with Crippen LogP contribution in [-0.2, 0) is 16.0 Å². The van der Waals surface area contributed by atoms with Gasteiger partial charge >= 0.3 is 0 Å². The molecule has 1 saturated heterocycles. The molecule has 0 bridgehead atoms. The van der Waals surface area contributed by atoms with Gasteiger partial charge in [-0.3, -0.25) is 9.80 Å². The monoisotopic (exact) mass is 410 g/mol. The first-order valence-electron chi connectivity index (χ1n) is 10.5. The molecule has 1 aromatic carbocycles. The van der Waals surface area contributed by atoms with Crippen LogP contribution in [0.25, 0.3) is 0 Å². The fourth-order valence-electron chi connectivity index (χ4n) is 3.45. The lowest BCUT2D eigenvalue weighted by atomic mass is 10.1. The zero-order valence-corrected chi connectivity index (χ0v) is 18.4. The van der Waals surface area contributed by atoms with Gasteiger partial charge in [-0.15, -0.1) is 0 Å². The van der Waals surface area contributed by atoms with Gasteiger partial charge < -0.3 is 24.1 Å². The first kappa shape index (κ1) is 23.9. The molecule has 0 spiro atoms. The molecule has 1 aliphatic rings. The van der Waals surface area contributed by atoms with Crippen molar-refractivity contribution in [1.29, 1.82) is 0 Å². The van der Waals surface area contributed by atoms with E-state index in [0.29, 0.717) is 32.2 Å². The van der Waals surface area contributed by atoms with E-state index in [9.17, 15) is 5.11 Å². The van der Waals surface area contributed by atoms with E-state index in [-0.39, 0.29) is 0 Å². The molecule has 166 valence electrons.